The van der Waals surface area contributed by atoms with Gasteiger partial charge in [0.25, 0.3) is 0 Å². The van der Waals surface area contributed by atoms with Gasteiger partial charge in [-0.1, -0.05) is 0 Å². The van der Waals surface area contributed by atoms with E-state index in [1.54, 1.807) is 12.5 Å². The maximum atomic E-state index is 5.55. The molecular weight excluding hydrogens is 218 g/mol. The lowest BCUT2D eigenvalue weighted by Crippen LogP contribution is -2.10. The van der Waals surface area contributed by atoms with E-state index in [1.165, 1.54) is 6.33 Å². The van der Waals surface area contributed by atoms with Crippen LogP contribution in [-0.4, -0.2) is 36.0 Å². The normalized spacial score (nSPS) is 11.1. The molecule has 3 heterocycles. The number of H-pyrrole nitrogens is 1. The van der Waals surface area contributed by atoms with Gasteiger partial charge in [-0.2, -0.15) is 0 Å². The Morgan fingerprint density at radius 2 is 2.18 bits per heavy atom. The molecule has 0 spiro atoms. The highest BCUT2D eigenvalue weighted by atomic mass is 15.2. The van der Waals surface area contributed by atoms with Gasteiger partial charge in [-0.15, -0.1) is 0 Å². The van der Waals surface area contributed by atoms with Gasteiger partial charge < -0.3 is 10.7 Å². The molecule has 3 aromatic heterocycles. The Morgan fingerprint density at radius 3 is 3.06 bits per heavy atom. The topological polar surface area (TPSA) is 98.3 Å². The van der Waals surface area contributed by atoms with Crippen molar-refractivity contribution < 1.29 is 0 Å². The summed E-state index contributed by atoms with van der Waals surface area (Å²) in [4.78, 5) is 19.7. The molecule has 0 aliphatic carbocycles. The van der Waals surface area contributed by atoms with E-state index >= 15 is 0 Å². The second-order valence-corrected chi connectivity index (χ2v) is 3.55. The average Bonchev–Trinajstić information content (AvgIpc) is 2.96. The predicted octanol–water partition coefficient (Wildman–Crippen LogP) is 0.0398. The predicted molar refractivity (Wildman–Crippen MR) is 61.6 cm³/mol. The number of rotatable bonds is 3. The molecule has 0 aliphatic rings. The second-order valence-electron chi connectivity index (χ2n) is 3.55. The third-order valence-corrected chi connectivity index (χ3v) is 2.52. The van der Waals surface area contributed by atoms with Gasteiger partial charge in [0.15, 0.2) is 11.5 Å². The molecule has 86 valence electrons. The van der Waals surface area contributed by atoms with Crippen molar-refractivity contribution in [2.75, 3.05) is 6.54 Å². The summed E-state index contributed by atoms with van der Waals surface area (Å²) in [6.45, 7) is 0.550. The molecular formula is C10H11N7. The Morgan fingerprint density at radius 1 is 1.24 bits per heavy atom. The van der Waals surface area contributed by atoms with Crippen molar-refractivity contribution >= 4 is 11.2 Å². The van der Waals surface area contributed by atoms with Crippen LogP contribution >= 0.6 is 0 Å². The van der Waals surface area contributed by atoms with E-state index < -0.39 is 0 Å². The fraction of sp³-hybridized carbons (Fsp3) is 0.200. The van der Waals surface area contributed by atoms with E-state index in [0.29, 0.717) is 18.6 Å². The Balaban J connectivity index is 2.20. The standard InChI is InChI=1S/C10H11N7/c11-2-1-7-12-3-4-17(7)10-8-9(14-5-13-8)15-6-16-10/h3-6H,1-2,11H2,(H,13,14,15,16). The first-order valence-corrected chi connectivity index (χ1v) is 5.27. The number of nitrogens with zero attached hydrogens (tertiary/aromatic N) is 5. The Bertz CT molecular complexity index is 639. The number of hydrogen-bond acceptors (Lipinski definition) is 5. The first-order valence-electron chi connectivity index (χ1n) is 5.27. The van der Waals surface area contributed by atoms with Crippen molar-refractivity contribution in [3.8, 4) is 5.82 Å². The fourth-order valence-electron chi connectivity index (χ4n) is 1.78. The van der Waals surface area contributed by atoms with E-state index in [9.17, 15) is 0 Å². The highest BCUT2D eigenvalue weighted by Crippen LogP contribution is 2.15. The van der Waals surface area contributed by atoms with Gasteiger partial charge in [0.1, 0.15) is 17.7 Å². The molecule has 0 amide bonds. The summed E-state index contributed by atoms with van der Waals surface area (Å²) in [6, 6.07) is 0. The van der Waals surface area contributed by atoms with Crippen LogP contribution in [0.5, 0.6) is 0 Å². The van der Waals surface area contributed by atoms with E-state index in [2.05, 4.69) is 24.9 Å². The quantitative estimate of drug-likeness (QED) is 0.660. The highest BCUT2D eigenvalue weighted by Gasteiger charge is 2.10. The van der Waals surface area contributed by atoms with Crippen LogP contribution in [0.25, 0.3) is 17.0 Å². The molecule has 0 bridgehead atoms. The van der Waals surface area contributed by atoms with Crippen LogP contribution in [0.3, 0.4) is 0 Å². The zero-order chi connectivity index (χ0) is 11.7. The van der Waals surface area contributed by atoms with Gasteiger partial charge in [-0.25, -0.2) is 19.9 Å². The molecule has 0 atom stereocenters. The van der Waals surface area contributed by atoms with Crippen molar-refractivity contribution in [1.29, 1.82) is 0 Å². The molecule has 7 nitrogen and oxygen atoms in total. The first kappa shape index (κ1) is 9.91. The monoisotopic (exact) mass is 229 g/mol. The van der Waals surface area contributed by atoms with E-state index in [1.807, 2.05) is 10.8 Å². The molecule has 3 N–H and O–H groups in total. The molecule has 0 unspecified atom stereocenters. The zero-order valence-electron chi connectivity index (χ0n) is 9.04. The zero-order valence-corrected chi connectivity index (χ0v) is 9.04. The summed E-state index contributed by atoms with van der Waals surface area (Å²) in [6.07, 6.45) is 7.38. The number of nitrogens with two attached hydrogens (primary N) is 1. The third-order valence-electron chi connectivity index (χ3n) is 2.52. The lowest BCUT2D eigenvalue weighted by molar-refractivity contribution is 0.824. The summed E-state index contributed by atoms with van der Waals surface area (Å²) in [5.41, 5.74) is 6.99. The average molecular weight is 229 g/mol. The van der Waals surface area contributed by atoms with Crippen molar-refractivity contribution in [2.45, 2.75) is 6.42 Å². The number of aromatic amines is 1. The van der Waals surface area contributed by atoms with Crippen LogP contribution in [0.1, 0.15) is 5.82 Å². The maximum Gasteiger partial charge on any atom is 0.182 e. The van der Waals surface area contributed by atoms with Crippen LogP contribution in [0.4, 0.5) is 0 Å². The summed E-state index contributed by atoms with van der Waals surface area (Å²) >= 11 is 0. The largest absolute Gasteiger partial charge is 0.340 e. The van der Waals surface area contributed by atoms with Crippen LogP contribution in [0.15, 0.2) is 25.0 Å². The summed E-state index contributed by atoms with van der Waals surface area (Å²) < 4.78 is 1.90. The molecule has 0 saturated heterocycles. The van der Waals surface area contributed by atoms with Crippen molar-refractivity contribution in [3.63, 3.8) is 0 Å². The van der Waals surface area contributed by atoms with Crippen molar-refractivity contribution in [2.24, 2.45) is 5.73 Å². The number of imidazole rings is 2. The lowest BCUT2D eigenvalue weighted by atomic mass is 10.4. The Labute approximate surface area is 96.7 Å². The molecule has 0 fully saturated rings. The van der Waals surface area contributed by atoms with Crippen molar-refractivity contribution in [3.05, 3.63) is 30.9 Å². The smallest absolute Gasteiger partial charge is 0.182 e. The Kier molecular flexibility index (Phi) is 2.30. The van der Waals surface area contributed by atoms with Crippen LogP contribution in [-0.2, 0) is 6.42 Å². The number of fused-ring (bicyclic) bond motifs is 1. The molecule has 0 aromatic carbocycles. The second kappa shape index (κ2) is 3.95. The van der Waals surface area contributed by atoms with E-state index in [0.717, 1.165) is 17.2 Å². The molecule has 0 aliphatic heterocycles. The van der Waals surface area contributed by atoms with E-state index in [-0.39, 0.29) is 0 Å². The first-order chi connectivity index (χ1) is 8.40. The summed E-state index contributed by atoms with van der Waals surface area (Å²) in [5.74, 6) is 1.62. The van der Waals surface area contributed by atoms with Gasteiger partial charge in [0.05, 0.1) is 6.33 Å². The lowest BCUT2D eigenvalue weighted by Gasteiger charge is -2.06. The summed E-state index contributed by atoms with van der Waals surface area (Å²) in [7, 11) is 0. The fourth-order valence-corrected chi connectivity index (χ4v) is 1.78. The molecule has 7 heteroatoms. The van der Waals surface area contributed by atoms with Gasteiger partial charge in [-0.3, -0.25) is 4.57 Å². The number of aromatic nitrogens is 6. The molecule has 3 aromatic rings. The number of nitrogens with one attached hydrogen (secondary N) is 1. The van der Waals surface area contributed by atoms with Crippen molar-refractivity contribution in [1.82, 2.24) is 29.5 Å². The minimum absolute atomic E-state index is 0.550. The van der Waals surface area contributed by atoms with Crippen LogP contribution in [0, 0.1) is 0 Å². The van der Waals surface area contributed by atoms with E-state index in [4.69, 9.17) is 5.73 Å². The maximum absolute atomic E-state index is 5.55. The van der Waals surface area contributed by atoms with Gasteiger partial charge in [-0.05, 0) is 6.54 Å². The third kappa shape index (κ3) is 1.56. The summed E-state index contributed by atoms with van der Waals surface area (Å²) in [5, 5.41) is 0. The van der Waals surface area contributed by atoms with Gasteiger partial charge in [0.2, 0.25) is 0 Å². The molecule has 0 radical (unpaired) electrons. The molecule has 17 heavy (non-hydrogen) atoms. The van der Waals surface area contributed by atoms with Crippen LogP contribution in [0.2, 0.25) is 0 Å². The number of hydrogen-bond donors (Lipinski definition) is 2. The van der Waals surface area contributed by atoms with Crippen LogP contribution < -0.4 is 5.73 Å². The SMILES string of the molecule is NCCc1nccn1-c1ncnc2nc[nH]c12. The minimum Gasteiger partial charge on any atom is -0.340 e. The minimum atomic E-state index is 0.550. The van der Waals surface area contributed by atoms with Gasteiger partial charge >= 0.3 is 0 Å². The molecule has 3 rings (SSSR count). The highest BCUT2D eigenvalue weighted by molar-refractivity contribution is 5.77. The van der Waals surface area contributed by atoms with Gasteiger partial charge in [0, 0.05) is 18.8 Å². The Hall–Kier alpha value is -2.28. The molecule has 0 saturated carbocycles.